The Balaban J connectivity index is 1.82. The predicted octanol–water partition coefficient (Wildman–Crippen LogP) is 5.78. The molecule has 130 valence electrons. The summed E-state index contributed by atoms with van der Waals surface area (Å²) in [6, 6.07) is 23.8. The van der Waals surface area contributed by atoms with Gasteiger partial charge in [-0.3, -0.25) is 4.79 Å². The van der Waals surface area contributed by atoms with Crippen LogP contribution in [-0.4, -0.2) is 0 Å². The molecule has 0 saturated carbocycles. The lowest BCUT2D eigenvalue weighted by Crippen LogP contribution is -2.14. The number of fused-ring (bicyclic) bond motifs is 2. The molecule has 3 heteroatoms. The molecule has 0 spiro atoms. The molecule has 3 aromatic carbocycles. The summed E-state index contributed by atoms with van der Waals surface area (Å²) >= 11 is 0. The Morgan fingerprint density at radius 3 is 2.33 bits per heavy atom. The lowest BCUT2D eigenvalue weighted by Gasteiger charge is -2.16. The van der Waals surface area contributed by atoms with E-state index >= 15 is 4.39 Å². The fraction of sp³-hybridized carbons (Fsp3) is 0.0417. The summed E-state index contributed by atoms with van der Waals surface area (Å²) in [5.74, 6) is -0.779. The van der Waals surface area contributed by atoms with Crippen molar-refractivity contribution in [3.8, 4) is 0 Å². The van der Waals surface area contributed by atoms with Crippen molar-refractivity contribution >= 4 is 22.4 Å². The van der Waals surface area contributed by atoms with Gasteiger partial charge in [-0.05, 0) is 23.3 Å². The van der Waals surface area contributed by atoms with E-state index in [9.17, 15) is 4.79 Å². The first-order chi connectivity index (χ1) is 13.3. The number of rotatable bonds is 2. The molecule has 2 nitrogen and oxygen atoms in total. The standard InChI is InChI=1S/C24H15FO2/c25-23-17-11-5-4-10-16(17)22(21(23)15-8-2-1-3-9-15)19-14-27-20-13-7-6-12-18(20)24(19)26/h1-14,22H. The van der Waals surface area contributed by atoms with Crippen LogP contribution in [0.2, 0.25) is 0 Å². The fourth-order valence-electron chi connectivity index (χ4n) is 3.90. The van der Waals surface area contributed by atoms with Gasteiger partial charge < -0.3 is 4.42 Å². The first-order valence-corrected chi connectivity index (χ1v) is 8.80. The van der Waals surface area contributed by atoms with Crippen LogP contribution in [0.5, 0.6) is 0 Å². The number of para-hydroxylation sites is 1. The molecular formula is C24H15FO2. The van der Waals surface area contributed by atoms with Gasteiger partial charge in [-0.1, -0.05) is 66.7 Å². The van der Waals surface area contributed by atoms with Gasteiger partial charge in [-0.2, -0.15) is 0 Å². The van der Waals surface area contributed by atoms with Gasteiger partial charge in [0.1, 0.15) is 11.4 Å². The van der Waals surface area contributed by atoms with Gasteiger partial charge in [0.25, 0.3) is 0 Å². The van der Waals surface area contributed by atoms with Gasteiger partial charge in [0, 0.05) is 22.6 Å². The molecule has 0 radical (unpaired) electrons. The summed E-state index contributed by atoms with van der Waals surface area (Å²) in [5.41, 5.74) is 3.46. The van der Waals surface area contributed by atoms with Crippen LogP contribution in [0.3, 0.4) is 0 Å². The highest BCUT2D eigenvalue weighted by molar-refractivity contribution is 5.98. The zero-order valence-corrected chi connectivity index (χ0v) is 14.4. The summed E-state index contributed by atoms with van der Waals surface area (Å²) in [6.45, 7) is 0. The largest absolute Gasteiger partial charge is 0.464 e. The van der Waals surface area contributed by atoms with E-state index in [0.29, 0.717) is 27.7 Å². The van der Waals surface area contributed by atoms with Crippen LogP contribution in [0.1, 0.15) is 28.2 Å². The third-order valence-corrected chi connectivity index (χ3v) is 5.14. The van der Waals surface area contributed by atoms with E-state index in [1.54, 1.807) is 24.3 Å². The number of benzene rings is 3. The molecule has 0 N–H and O–H groups in total. The van der Waals surface area contributed by atoms with Gasteiger partial charge in [-0.25, -0.2) is 4.39 Å². The third kappa shape index (κ3) is 2.36. The second kappa shape index (κ2) is 6.06. The Labute approximate surface area is 155 Å². The number of hydrogen-bond donors (Lipinski definition) is 0. The lowest BCUT2D eigenvalue weighted by atomic mass is 9.85. The average molecular weight is 354 g/mol. The Bertz CT molecular complexity index is 1250. The SMILES string of the molecule is O=c1c(C2C(c3ccccc3)=C(F)c3ccccc32)coc2ccccc12. The van der Waals surface area contributed by atoms with Crippen LogP contribution in [0, 0.1) is 0 Å². The maximum absolute atomic E-state index is 15.4. The first kappa shape index (κ1) is 15.8. The van der Waals surface area contributed by atoms with E-state index in [2.05, 4.69) is 0 Å². The molecule has 1 aliphatic carbocycles. The van der Waals surface area contributed by atoms with Crippen LogP contribution in [0.4, 0.5) is 4.39 Å². The lowest BCUT2D eigenvalue weighted by molar-refractivity contribution is 0.592. The second-order valence-corrected chi connectivity index (χ2v) is 6.63. The average Bonchev–Trinajstić information content (AvgIpc) is 3.02. The third-order valence-electron chi connectivity index (χ3n) is 5.14. The quantitative estimate of drug-likeness (QED) is 0.457. The topological polar surface area (TPSA) is 30.2 Å². The van der Waals surface area contributed by atoms with Crippen molar-refractivity contribution in [1.29, 1.82) is 0 Å². The van der Waals surface area contributed by atoms with E-state index in [4.69, 9.17) is 4.42 Å². The second-order valence-electron chi connectivity index (χ2n) is 6.63. The van der Waals surface area contributed by atoms with Gasteiger partial charge in [0.2, 0.25) is 0 Å². The van der Waals surface area contributed by atoms with Gasteiger partial charge in [0.15, 0.2) is 5.43 Å². The van der Waals surface area contributed by atoms with Crippen molar-refractivity contribution in [2.45, 2.75) is 5.92 Å². The van der Waals surface area contributed by atoms with Crippen molar-refractivity contribution in [2.24, 2.45) is 0 Å². The molecule has 1 heterocycles. The van der Waals surface area contributed by atoms with Gasteiger partial charge in [-0.15, -0.1) is 0 Å². The smallest absolute Gasteiger partial charge is 0.196 e. The Morgan fingerprint density at radius 1 is 0.778 bits per heavy atom. The maximum Gasteiger partial charge on any atom is 0.196 e. The van der Waals surface area contributed by atoms with E-state index in [0.717, 1.165) is 11.1 Å². The molecule has 0 aliphatic heterocycles. The summed E-state index contributed by atoms with van der Waals surface area (Å²) in [5, 5.41) is 0.507. The molecule has 0 saturated heterocycles. The molecule has 0 bridgehead atoms. The van der Waals surface area contributed by atoms with Crippen molar-refractivity contribution in [3.63, 3.8) is 0 Å². The minimum atomic E-state index is -0.496. The fourth-order valence-corrected chi connectivity index (χ4v) is 3.90. The normalized spacial score (nSPS) is 16.0. The van der Waals surface area contributed by atoms with Crippen LogP contribution in [0.15, 0.2) is 94.3 Å². The predicted molar refractivity (Wildman–Crippen MR) is 105 cm³/mol. The highest BCUT2D eigenvalue weighted by Gasteiger charge is 2.35. The van der Waals surface area contributed by atoms with Crippen molar-refractivity contribution in [2.75, 3.05) is 0 Å². The van der Waals surface area contributed by atoms with Gasteiger partial charge >= 0.3 is 0 Å². The molecule has 4 aromatic rings. The van der Waals surface area contributed by atoms with Crippen LogP contribution >= 0.6 is 0 Å². The van der Waals surface area contributed by atoms with Crippen molar-refractivity contribution in [1.82, 2.24) is 0 Å². The zero-order chi connectivity index (χ0) is 18.4. The molecule has 0 fully saturated rings. The van der Waals surface area contributed by atoms with Gasteiger partial charge in [0.05, 0.1) is 11.6 Å². The van der Waals surface area contributed by atoms with E-state index in [1.165, 1.54) is 6.26 Å². The Kier molecular flexibility index (Phi) is 3.54. The Morgan fingerprint density at radius 2 is 1.48 bits per heavy atom. The van der Waals surface area contributed by atoms with E-state index < -0.39 is 5.92 Å². The number of allylic oxidation sites excluding steroid dienone is 1. The zero-order valence-electron chi connectivity index (χ0n) is 14.4. The summed E-state index contributed by atoms with van der Waals surface area (Å²) in [4.78, 5) is 13.2. The maximum atomic E-state index is 15.4. The first-order valence-electron chi connectivity index (χ1n) is 8.80. The molecule has 1 aliphatic rings. The molecule has 0 amide bonds. The van der Waals surface area contributed by atoms with Crippen molar-refractivity contribution < 1.29 is 8.81 Å². The summed E-state index contributed by atoms with van der Waals surface area (Å²) < 4.78 is 21.1. The molecule has 1 atom stereocenters. The summed E-state index contributed by atoms with van der Waals surface area (Å²) in [7, 11) is 0. The molecule has 1 aromatic heterocycles. The molecule has 5 rings (SSSR count). The Hall–Kier alpha value is -3.46. The van der Waals surface area contributed by atoms with Crippen LogP contribution in [-0.2, 0) is 0 Å². The van der Waals surface area contributed by atoms with Crippen molar-refractivity contribution in [3.05, 3.63) is 118 Å². The van der Waals surface area contributed by atoms with Crippen LogP contribution in [0.25, 0.3) is 22.4 Å². The monoisotopic (exact) mass is 354 g/mol. The highest BCUT2D eigenvalue weighted by atomic mass is 19.1. The van der Waals surface area contributed by atoms with Crippen LogP contribution < -0.4 is 5.43 Å². The highest BCUT2D eigenvalue weighted by Crippen LogP contribution is 2.50. The molecule has 1 unspecified atom stereocenters. The minimum Gasteiger partial charge on any atom is -0.464 e. The van der Waals surface area contributed by atoms with E-state index in [1.807, 2.05) is 54.6 Å². The number of halogens is 1. The minimum absolute atomic E-state index is 0.125. The number of hydrogen-bond acceptors (Lipinski definition) is 2. The summed E-state index contributed by atoms with van der Waals surface area (Å²) in [6.07, 6.45) is 1.48. The molecule has 27 heavy (non-hydrogen) atoms. The van der Waals surface area contributed by atoms with E-state index in [-0.39, 0.29) is 11.3 Å². The molecular weight excluding hydrogens is 339 g/mol.